The lowest BCUT2D eigenvalue weighted by molar-refractivity contribution is -0.134. The van der Waals surface area contributed by atoms with E-state index in [1.165, 1.54) is 57.1 Å². The second kappa shape index (κ2) is 8.15. The van der Waals surface area contributed by atoms with Crippen molar-refractivity contribution in [3.05, 3.63) is 29.3 Å². The molecule has 2 saturated carbocycles. The number of hydrogen-bond donors (Lipinski definition) is 1. The van der Waals surface area contributed by atoms with Gasteiger partial charge in [0.1, 0.15) is 11.6 Å². The lowest BCUT2D eigenvalue weighted by Crippen LogP contribution is -2.52. The van der Waals surface area contributed by atoms with E-state index in [9.17, 15) is 18.4 Å². The summed E-state index contributed by atoms with van der Waals surface area (Å²) in [6.07, 6.45) is 9.75. The normalized spacial score (nSPS) is 27.3. The number of halogens is 2. The molecule has 1 atom stereocenters. The molecule has 5 nitrogen and oxygen atoms in total. The Balaban J connectivity index is 1.22. The van der Waals surface area contributed by atoms with Gasteiger partial charge in [0.25, 0.3) is 0 Å². The molecule has 1 aromatic carbocycles. The maximum atomic E-state index is 14.9. The first kappa shape index (κ1) is 20.9. The predicted molar refractivity (Wildman–Crippen MR) is 114 cm³/mol. The lowest BCUT2D eigenvalue weighted by atomic mass is 9.60. The Kier molecular flexibility index (Phi) is 5.49. The van der Waals surface area contributed by atoms with E-state index in [0.29, 0.717) is 17.1 Å². The molecule has 1 unspecified atom stereocenters. The molecule has 0 radical (unpaired) electrons. The van der Waals surface area contributed by atoms with Crippen LogP contribution in [0.2, 0.25) is 0 Å². The highest BCUT2D eigenvalue weighted by Gasteiger charge is 2.41. The van der Waals surface area contributed by atoms with E-state index in [1.54, 1.807) is 0 Å². The van der Waals surface area contributed by atoms with Gasteiger partial charge in [-0.05, 0) is 62.5 Å². The zero-order valence-corrected chi connectivity index (χ0v) is 18.0. The fourth-order valence-corrected chi connectivity index (χ4v) is 6.16. The average Bonchev–Trinajstić information content (AvgIpc) is 2.74. The number of carbonyl (C=O) groups excluding carboxylic acids is 2. The van der Waals surface area contributed by atoms with Gasteiger partial charge in [0.2, 0.25) is 11.8 Å². The molecule has 0 aromatic heterocycles. The Bertz CT molecular complexity index is 845. The predicted octanol–water partition coefficient (Wildman–Crippen LogP) is 3.72. The third-order valence-corrected chi connectivity index (χ3v) is 8.28. The molecule has 2 aliphatic heterocycles. The van der Waals surface area contributed by atoms with Crippen molar-refractivity contribution in [2.45, 2.75) is 69.7 Å². The number of benzene rings is 1. The van der Waals surface area contributed by atoms with Gasteiger partial charge in [0.05, 0.1) is 5.92 Å². The maximum Gasteiger partial charge on any atom is 0.234 e. The smallest absolute Gasteiger partial charge is 0.234 e. The van der Waals surface area contributed by atoms with Crippen LogP contribution in [0.25, 0.3) is 0 Å². The van der Waals surface area contributed by atoms with Crippen molar-refractivity contribution in [3.8, 4) is 0 Å². The molecule has 2 saturated heterocycles. The van der Waals surface area contributed by atoms with Gasteiger partial charge < -0.3 is 4.90 Å². The highest BCUT2D eigenvalue weighted by Crippen LogP contribution is 2.52. The van der Waals surface area contributed by atoms with Crippen LogP contribution >= 0.6 is 0 Å². The summed E-state index contributed by atoms with van der Waals surface area (Å²) in [5.41, 5.74) is 0.972. The van der Waals surface area contributed by atoms with Crippen LogP contribution < -0.4 is 10.2 Å². The number of piperidine rings is 1. The van der Waals surface area contributed by atoms with E-state index in [0.717, 1.165) is 26.2 Å². The summed E-state index contributed by atoms with van der Waals surface area (Å²) in [5.74, 6) is -3.37. The number of nitrogens with zero attached hydrogens (tertiary/aromatic N) is 2. The number of imide groups is 1. The highest BCUT2D eigenvalue weighted by molar-refractivity contribution is 6.01. The van der Waals surface area contributed by atoms with Crippen LogP contribution in [0.1, 0.15) is 69.3 Å². The van der Waals surface area contributed by atoms with Gasteiger partial charge in [-0.15, -0.1) is 0 Å². The van der Waals surface area contributed by atoms with E-state index in [-0.39, 0.29) is 18.4 Å². The second-order valence-corrected chi connectivity index (χ2v) is 9.93. The molecule has 2 amide bonds. The third-order valence-electron chi connectivity index (χ3n) is 8.28. The Morgan fingerprint density at radius 2 is 1.55 bits per heavy atom. The van der Waals surface area contributed by atoms with Gasteiger partial charge in [0, 0.05) is 49.9 Å². The third kappa shape index (κ3) is 3.97. The van der Waals surface area contributed by atoms with E-state index in [2.05, 4.69) is 10.2 Å². The SMILES string of the molecule is O=C1CCC(c2c(F)cc(N3CCN(C4CCC5(CCC5)CC4)CC3)cc2F)C(=O)N1. The first-order valence-electron chi connectivity index (χ1n) is 11.8. The van der Waals surface area contributed by atoms with E-state index >= 15 is 0 Å². The van der Waals surface area contributed by atoms with Crippen molar-refractivity contribution in [2.75, 3.05) is 31.1 Å². The first-order valence-corrected chi connectivity index (χ1v) is 11.8. The van der Waals surface area contributed by atoms with Gasteiger partial charge in [-0.25, -0.2) is 8.78 Å². The molecule has 1 N–H and O–H groups in total. The Labute approximate surface area is 182 Å². The fraction of sp³-hybridized carbons (Fsp3) is 0.667. The molecular formula is C24H31F2N3O2. The zero-order valence-electron chi connectivity index (χ0n) is 18.0. The zero-order chi connectivity index (χ0) is 21.6. The second-order valence-electron chi connectivity index (χ2n) is 9.93. The van der Waals surface area contributed by atoms with E-state index < -0.39 is 29.4 Å². The summed E-state index contributed by atoms with van der Waals surface area (Å²) < 4.78 is 29.7. The van der Waals surface area contributed by atoms with Crippen LogP contribution in [-0.4, -0.2) is 48.9 Å². The average molecular weight is 432 g/mol. The molecule has 0 bridgehead atoms. The topological polar surface area (TPSA) is 52.7 Å². The van der Waals surface area contributed by atoms with Crippen molar-refractivity contribution >= 4 is 17.5 Å². The van der Waals surface area contributed by atoms with E-state index in [4.69, 9.17) is 0 Å². The highest BCUT2D eigenvalue weighted by atomic mass is 19.1. The van der Waals surface area contributed by atoms with Crippen LogP contribution in [0.15, 0.2) is 12.1 Å². The standard InChI is InChI=1S/C24H31F2N3O2/c25-19-14-17(15-20(26)22(19)18-2-3-21(30)27-23(18)31)29-12-10-28(11-13-29)16-4-8-24(9-5-16)6-1-7-24/h14-16,18H,1-13H2,(H,27,30,31). The number of amides is 2. The van der Waals surface area contributed by atoms with Gasteiger partial charge in [0.15, 0.2) is 0 Å². The molecule has 5 rings (SSSR count). The van der Waals surface area contributed by atoms with Crippen LogP contribution in [0.4, 0.5) is 14.5 Å². The van der Waals surface area contributed by atoms with Crippen LogP contribution in [0, 0.1) is 17.0 Å². The molecule has 31 heavy (non-hydrogen) atoms. The summed E-state index contributed by atoms with van der Waals surface area (Å²) in [4.78, 5) is 28.0. The fourth-order valence-electron chi connectivity index (χ4n) is 6.16. The largest absolute Gasteiger partial charge is 0.369 e. The molecule has 168 valence electrons. The number of rotatable bonds is 3. The lowest BCUT2D eigenvalue weighted by Gasteiger charge is -2.50. The quantitative estimate of drug-likeness (QED) is 0.742. The van der Waals surface area contributed by atoms with Crippen molar-refractivity contribution in [2.24, 2.45) is 5.41 Å². The molecule has 7 heteroatoms. The van der Waals surface area contributed by atoms with Crippen molar-refractivity contribution in [3.63, 3.8) is 0 Å². The number of hydrogen-bond acceptors (Lipinski definition) is 4. The summed E-state index contributed by atoms with van der Waals surface area (Å²) in [6, 6.07) is 3.34. The molecule has 1 aromatic rings. The summed E-state index contributed by atoms with van der Waals surface area (Å²) in [6.45, 7) is 3.32. The molecule has 2 aliphatic carbocycles. The van der Waals surface area contributed by atoms with Crippen LogP contribution in [0.5, 0.6) is 0 Å². The van der Waals surface area contributed by atoms with Crippen molar-refractivity contribution < 1.29 is 18.4 Å². The minimum atomic E-state index is -0.950. The molecular weight excluding hydrogens is 400 g/mol. The Hall–Kier alpha value is -2.02. The van der Waals surface area contributed by atoms with Gasteiger partial charge in [-0.3, -0.25) is 19.8 Å². The van der Waals surface area contributed by atoms with Crippen molar-refractivity contribution in [1.29, 1.82) is 0 Å². The number of carbonyl (C=O) groups is 2. The minimum absolute atomic E-state index is 0.0985. The number of nitrogens with one attached hydrogen (secondary N) is 1. The van der Waals surface area contributed by atoms with Gasteiger partial charge >= 0.3 is 0 Å². The Morgan fingerprint density at radius 3 is 2.10 bits per heavy atom. The molecule has 1 spiro atoms. The summed E-state index contributed by atoms with van der Waals surface area (Å²) in [7, 11) is 0. The van der Waals surface area contributed by atoms with Crippen LogP contribution in [0.3, 0.4) is 0 Å². The number of anilines is 1. The molecule has 2 heterocycles. The summed E-state index contributed by atoms with van der Waals surface area (Å²) in [5, 5.41) is 2.18. The maximum absolute atomic E-state index is 14.9. The molecule has 4 fully saturated rings. The minimum Gasteiger partial charge on any atom is -0.369 e. The van der Waals surface area contributed by atoms with Gasteiger partial charge in [-0.1, -0.05) is 6.42 Å². The monoisotopic (exact) mass is 431 g/mol. The first-order chi connectivity index (χ1) is 14.9. The molecule has 4 aliphatic rings. The van der Waals surface area contributed by atoms with Crippen molar-refractivity contribution in [1.82, 2.24) is 10.2 Å². The number of piperazine rings is 1. The Morgan fingerprint density at radius 1 is 0.903 bits per heavy atom. The van der Waals surface area contributed by atoms with Crippen LogP contribution in [-0.2, 0) is 9.59 Å². The summed E-state index contributed by atoms with van der Waals surface area (Å²) >= 11 is 0. The van der Waals surface area contributed by atoms with Gasteiger partial charge in [-0.2, -0.15) is 0 Å². The van der Waals surface area contributed by atoms with E-state index in [1.807, 2.05) is 4.90 Å².